The average Bonchev–Trinajstić information content (AvgIpc) is 3.30. The Morgan fingerprint density at radius 1 is 1.03 bits per heavy atom. The van der Waals surface area contributed by atoms with E-state index < -0.39 is 30.2 Å². The smallest absolute Gasteiger partial charge is 0.343 e. The van der Waals surface area contributed by atoms with Crippen LogP contribution < -0.4 is 4.72 Å². The fourth-order valence-electron chi connectivity index (χ4n) is 3.84. The summed E-state index contributed by atoms with van der Waals surface area (Å²) in [5, 5.41) is 0. The molecule has 1 aliphatic heterocycles. The molecule has 9 heteroatoms. The van der Waals surface area contributed by atoms with Crippen molar-refractivity contribution in [2.75, 3.05) is 26.4 Å². The molecular formula is C24H34NO6PS. The quantitative estimate of drug-likeness (QED) is 0.381. The predicted octanol–water partition coefficient (Wildman–Crippen LogP) is 5.27. The minimum Gasteiger partial charge on any atom is -0.343 e. The number of rotatable bonds is 13. The van der Waals surface area contributed by atoms with Crippen molar-refractivity contribution >= 4 is 18.6 Å². The maximum absolute atomic E-state index is 13.6. The third kappa shape index (κ3) is 6.83. The van der Waals surface area contributed by atoms with Crippen LogP contribution in [-0.2, 0) is 39.9 Å². The molecule has 7 nitrogen and oxygen atoms in total. The van der Waals surface area contributed by atoms with Crippen molar-refractivity contribution in [1.29, 1.82) is 0 Å². The van der Waals surface area contributed by atoms with Gasteiger partial charge in [-0.3, -0.25) is 4.57 Å². The van der Waals surface area contributed by atoms with Crippen LogP contribution in [0.3, 0.4) is 0 Å². The standard InChI is InChI=1S/C24H34NO6PS/c1-4-30-32(26,31-5-2)23(25-33(27)22-15-13-20(3)14-16-22)12-9-17-24(28-18-19-29-24)21-10-7-6-8-11-21/h6-8,10-11,13-16,23,25H,4-5,9,12,17-19H2,1-3H3/t23-,33?/m1/s1. The first-order chi connectivity index (χ1) is 15.9. The van der Waals surface area contributed by atoms with Crippen LogP contribution in [0.5, 0.6) is 0 Å². The number of hydrogen-bond acceptors (Lipinski definition) is 6. The minimum absolute atomic E-state index is 0.229. The van der Waals surface area contributed by atoms with Gasteiger partial charge in [0.2, 0.25) is 0 Å². The van der Waals surface area contributed by atoms with Crippen LogP contribution >= 0.6 is 7.60 Å². The fourth-order valence-corrected chi connectivity index (χ4v) is 7.18. The summed E-state index contributed by atoms with van der Waals surface area (Å²) >= 11 is 0. The average molecular weight is 496 g/mol. The topological polar surface area (TPSA) is 83.1 Å². The Hall–Kier alpha value is -1.38. The molecule has 0 saturated carbocycles. The summed E-state index contributed by atoms with van der Waals surface area (Å²) in [6.07, 6.45) is 1.57. The molecule has 1 aliphatic rings. The van der Waals surface area contributed by atoms with E-state index in [-0.39, 0.29) is 13.2 Å². The highest BCUT2D eigenvalue weighted by molar-refractivity contribution is 7.83. The first-order valence-corrected chi connectivity index (χ1v) is 14.2. The molecule has 2 aromatic carbocycles. The lowest BCUT2D eigenvalue weighted by molar-refractivity contribution is -0.171. The van der Waals surface area contributed by atoms with Gasteiger partial charge >= 0.3 is 7.60 Å². The molecule has 3 rings (SSSR count). The first-order valence-electron chi connectivity index (χ1n) is 11.4. The van der Waals surface area contributed by atoms with Gasteiger partial charge in [-0.15, -0.1) is 0 Å². The molecule has 0 radical (unpaired) electrons. The fraction of sp³-hybridized carbons (Fsp3) is 0.500. The Labute approximate surface area is 199 Å². The molecule has 1 unspecified atom stereocenters. The maximum atomic E-state index is 13.6. The number of aryl methyl sites for hydroxylation is 1. The Morgan fingerprint density at radius 3 is 2.21 bits per heavy atom. The Balaban J connectivity index is 1.76. The van der Waals surface area contributed by atoms with Crippen LogP contribution in [0.25, 0.3) is 0 Å². The SMILES string of the molecule is CCOP(=O)(OCC)[C@H](CCCC1(c2ccccc2)OCCO1)NS(=O)c1ccc(C)cc1. The summed E-state index contributed by atoms with van der Waals surface area (Å²) in [7, 11) is -5.13. The summed E-state index contributed by atoms with van der Waals surface area (Å²) in [6.45, 7) is 7.00. The van der Waals surface area contributed by atoms with Gasteiger partial charge in [-0.1, -0.05) is 48.0 Å². The number of hydrogen-bond donors (Lipinski definition) is 1. The van der Waals surface area contributed by atoms with Crippen molar-refractivity contribution in [3.8, 4) is 0 Å². The van der Waals surface area contributed by atoms with E-state index in [9.17, 15) is 8.77 Å². The van der Waals surface area contributed by atoms with Gasteiger partial charge in [0.05, 0.1) is 31.3 Å². The molecule has 0 bridgehead atoms. The molecule has 33 heavy (non-hydrogen) atoms. The first kappa shape index (κ1) is 26.2. The van der Waals surface area contributed by atoms with E-state index in [1.54, 1.807) is 26.0 Å². The monoisotopic (exact) mass is 495 g/mol. The Bertz CT molecular complexity index is 924. The molecule has 2 atom stereocenters. The summed E-state index contributed by atoms with van der Waals surface area (Å²) in [6, 6.07) is 17.2. The van der Waals surface area contributed by atoms with Gasteiger partial charge in [-0.25, -0.2) is 8.93 Å². The van der Waals surface area contributed by atoms with Crippen molar-refractivity contribution in [3.05, 3.63) is 65.7 Å². The highest BCUT2D eigenvalue weighted by atomic mass is 32.2. The van der Waals surface area contributed by atoms with E-state index in [4.69, 9.17) is 18.5 Å². The second-order valence-corrected chi connectivity index (χ2v) is 11.3. The molecule has 0 spiro atoms. The number of nitrogens with one attached hydrogen (secondary N) is 1. The molecule has 1 N–H and O–H groups in total. The van der Waals surface area contributed by atoms with Crippen molar-refractivity contribution in [3.63, 3.8) is 0 Å². The summed E-state index contributed by atoms with van der Waals surface area (Å²) in [5.41, 5.74) is 2.03. The zero-order valence-electron chi connectivity index (χ0n) is 19.5. The van der Waals surface area contributed by atoms with E-state index in [0.29, 0.717) is 37.4 Å². The normalized spacial score (nSPS) is 17.7. The van der Waals surface area contributed by atoms with Gasteiger partial charge in [0.25, 0.3) is 0 Å². The largest absolute Gasteiger partial charge is 0.348 e. The molecule has 1 heterocycles. The van der Waals surface area contributed by atoms with Crippen molar-refractivity contribution in [1.82, 2.24) is 4.72 Å². The van der Waals surface area contributed by atoms with E-state index in [2.05, 4.69) is 4.72 Å². The summed E-state index contributed by atoms with van der Waals surface area (Å²) < 4.78 is 52.9. The third-order valence-corrected chi connectivity index (χ3v) is 9.19. The highest BCUT2D eigenvalue weighted by Crippen LogP contribution is 2.54. The van der Waals surface area contributed by atoms with Gasteiger partial charge in [0.15, 0.2) is 5.79 Å². The van der Waals surface area contributed by atoms with Crippen LogP contribution in [0.4, 0.5) is 0 Å². The number of ether oxygens (including phenoxy) is 2. The lowest BCUT2D eigenvalue weighted by atomic mass is 9.99. The maximum Gasteiger partial charge on any atom is 0.348 e. The van der Waals surface area contributed by atoms with Crippen LogP contribution in [0.2, 0.25) is 0 Å². The van der Waals surface area contributed by atoms with Gasteiger partial charge in [-0.2, -0.15) is 0 Å². The minimum atomic E-state index is -3.55. The second-order valence-electron chi connectivity index (χ2n) is 7.80. The molecule has 1 fully saturated rings. The van der Waals surface area contributed by atoms with Crippen molar-refractivity contribution in [2.24, 2.45) is 0 Å². The molecule has 2 aromatic rings. The second kappa shape index (κ2) is 12.4. The van der Waals surface area contributed by atoms with Crippen molar-refractivity contribution < 1.29 is 27.3 Å². The van der Waals surface area contributed by atoms with Crippen LogP contribution in [-0.4, -0.2) is 36.4 Å². The predicted molar refractivity (Wildman–Crippen MR) is 129 cm³/mol. The van der Waals surface area contributed by atoms with E-state index in [1.165, 1.54) is 0 Å². The van der Waals surface area contributed by atoms with Gasteiger partial charge in [-0.05, 0) is 45.7 Å². The lowest BCUT2D eigenvalue weighted by Crippen LogP contribution is -2.33. The number of benzene rings is 2. The highest BCUT2D eigenvalue weighted by Gasteiger charge is 2.40. The van der Waals surface area contributed by atoms with Crippen LogP contribution in [0.15, 0.2) is 59.5 Å². The van der Waals surface area contributed by atoms with Crippen molar-refractivity contribution in [2.45, 2.75) is 56.5 Å². The summed E-state index contributed by atoms with van der Waals surface area (Å²) in [4.78, 5) is 0.605. The third-order valence-electron chi connectivity index (χ3n) is 5.43. The van der Waals surface area contributed by atoms with Gasteiger partial charge in [0.1, 0.15) is 16.8 Å². The molecule has 0 amide bonds. The van der Waals surface area contributed by atoms with Crippen LogP contribution in [0, 0.1) is 6.92 Å². The molecular weight excluding hydrogens is 461 g/mol. The zero-order valence-corrected chi connectivity index (χ0v) is 21.2. The molecule has 0 aliphatic carbocycles. The van der Waals surface area contributed by atoms with Crippen LogP contribution in [0.1, 0.15) is 44.2 Å². The van der Waals surface area contributed by atoms with E-state index in [1.807, 2.05) is 49.4 Å². The Kier molecular flexibility index (Phi) is 9.82. The van der Waals surface area contributed by atoms with Gasteiger partial charge < -0.3 is 18.5 Å². The molecule has 0 aromatic heterocycles. The zero-order chi connectivity index (χ0) is 23.7. The lowest BCUT2D eigenvalue weighted by Gasteiger charge is -2.30. The van der Waals surface area contributed by atoms with Gasteiger partial charge in [0, 0.05) is 12.0 Å². The molecule has 182 valence electrons. The molecule has 1 saturated heterocycles. The summed E-state index contributed by atoms with van der Waals surface area (Å²) in [5.74, 6) is -1.57. The van der Waals surface area contributed by atoms with E-state index in [0.717, 1.165) is 11.1 Å². The Morgan fingerprint density at radius 2 is 1.64 bits per heavy atom. The van der Waals surface area contributed by atoms with E-state index >= 15 is 0 Å².